The Kier molecular flexibility index (Phi) is 5.04. The number of aromatic nitrogens is 2. The van der Waals surface area contributed by atoms with Gasteiger partial charge in [0, 0.05) is 5.56 Å². The summed E-state index contributed by atoms with van der Waals surface area (Å²) in [5.41, 5.74) is 2.31. The highest BCUT2D eigenvalue weighted by molar-refractivity contribution is 8.09. The maximum atomic E-state index is 12.4. The summed E-state index contributed by atoms with van der Waals surface area (Å²) in [6.45, 7) is -0.259. The fourth-order valence-electron chi connectivity index (χ4n) is 2.57. The summed E-state index contributed by atoms with van der Waals surface area (Å²) >= 11 is 0. The van der Waals surface area contributed by atoms with E-state index in [0.717, 1.165) is 5.56 Å². The number of carboxylic acid groups (broad SMARTS) is 1. The molecule has 0 radical (unpaired) electrons. The first kappa shape index (κ1) is 17.0. The van der Waals surface area contributed by atoms with Crippen LogP contribution in [-0.2, 0) is 32.7 Å². The quantitative estimate of drug-likeness (QED) is 0.561. The van der Waals surface area contributed by atoms with Crippen molar-refractivity contribution < 1.29 is 19.4 Å². The highest BCUT2D eigenvalue weighted by Gasteiger charge is 2.40. The van der Waals surface area contributed by atoms with Gasteiger partial charge in [-0.3, -0.25) is 9.36 Å². The van der Waals surface area contributed by atoms with E-state index >= 15 is 0 Å². The number of hydrogen-bond donors (Lipinski definition) is 1. The van der Waals surface area contributed by atoms with Crippen molar-refractivity contribution in [2.24, 2.45) is 0 Å². The molecule has 1 unspecified atom stereocenters. The fourth-order valence-corrected chi connectivity index (χ4v) is 4.33. The van der Waals surface area contributed by atoms with E-state index in [1.807, 2.05) is 42.5 Å². The highest BCUT2D eigenvalue weighted by atomic mass is 32.2. The second kappa shape index (κ2) is 7.40. The Balaban J connectivity index is 2.11. The zero-order valence-corrected chi connectivity index (χ0v) is 14.4. The number of rotatable bonds is 5. The van der Waals surface area contributed by atoms with Gasteiger partial charge in [0.25, 0.3) is 0 Å². The maximum Gasteiger partial charge on any atom is 0.534 e. The minimum atomic E-state index is -1.02. The molecule has 0 aliphatic carbocycles. The van der Waals surface area contributed by atoms with E-state index in [9.17, 15) is 14.7 Å². The molecule has 2 aromatic carbocycles. The number of methoxy groups -OCH3 is 1. The minimum absolute atomic E-state index is 0.259. The van der Waals surface area contributed by atoms with Crippen LogP contribution in [0.2, 0.25) is 0 Å². The summed E-state index contributed by atoms with van der Waals surface area (Å²) in [6.07, 6.45) is 0. The number of carbonyl (C=O) groups is 2. The molecule has 0 spiro atoms. The van der Waals surface area contributed by atoms with E-state index in [0.29, 0.717) is 21.9 Å². The molecule has 1 atom stereocenters. The van der Waals surface area contributed by atoms with Crippen molar-refractivity contribution in [3.8, 4) is 0 Å². The summed E-state index contributed by atoms with van der Waals surface area (Å²) in [4.78, 5) is 28.3. The SMILES string of the molecule is COC(=O)[S+](Cc1ccccc1)c1nc2ccccc2n1CC(=O)O. The molecule has 0 saturated heterocycles. The molecule has 0 amide bonds. The zero-order chi connectivity index (χ0) is 17.8. The van der Waals surface area contributed by atoms with Gasteiger partial charge < -0.3 is 9.84 Å². The van der Waals surface area contributed by atoms with Crippen LogP contribution < -0.4 is 0 Å². The van der Waals surface area contributed by atoms with Crippen LogP contribution in [0, 0.1) is 0 Å². The predicted molar refractivity (Wildman–Crippen MR) is 95.6 cm³/mol. The Bertz CT molecular complexity index is 908. The second-order valence-corrected chi connectivity index (χ2v) is 7.11. The van der Waals surface area contributed by atoms with Gasteiger partial charge in [-0.15, -0.1) is 0 Å². The molecular formula is C18H17N2O4S+. The average Bonchev–Trinajstić information content (AvgIpc) is 2.98. The van der Waals surface area contributed by atoms with Crippen molar-refractivity contribution in [2.45, 2.75) is 17.5 Å². The standard InChI is InChI=1S/C18H16N2O4S/c1-24-18(23)25(12-13-7-3-2-4-8-13)17-19-14-9-5-6-10-15(14)20(17)11-16(21)22/h2-10H,11-12H2,1H3/p+1. The molecule has 3 aromatic rings. The Hall–Kier alpha value is -2.80. The van der Waals surface area contributed by atoms with E-state index in [2.05, 4.69) is 4.98 Å². The van der Waals surface area contributed by atoms with E-state index in [4.69, 9.17) is 4.74 Å². The number of aliphatic carboxylic acids is 1. The first-order valence-corrected chi connectivity index (χ1v) is 8.99. The van der Waals surface area contributed by atoms with Crippen LogP contribution in [0.15, 0.2) is 59.8 Å². The first-order chi connectivity index (χ1) is 12.1. The highest BCUT2D eigenvalue weighted by Crippen LogP contribution is 2.25. The number of imidazole rings is 1. The molecule has 0 saturated carbocycles. The van der Waals surface area contributed by atoms with E-state index in [1.54, 1.807) is 16.7 Å². The van der Waals surface area contributed by atoms with Crippen molar-refractivity contribution in [3.63, 3.8) is 0 Å². The summed E-state index contributed by atoms with van der Waals surface area (Å²) in [5.74, 6) is -0.575. The summed E-state index contributed by atoms with van der Waals surface area (Å²) in [6, 6.07) is 16.8. The van der Waals surface area contributed by atoms with Crippen molar-refractivity contribution >= 4 is 33.2 Å². The minimum Gasteiger partial charge on any atom is -0.480 e. The van der Waals surface area contributed by atoms with Crippen molar-refractivity contribution in [2.75, 3.05) is 7.11 Å². The first-order valence-electron chi connectivity index (χ1n) is 7.60. The third kappa shape index (κ3) is 3.66. The van der Waals surface area contributed by atoms with Crippen LogP contribution in [0.4, 0.5) is 4.79 Å². The van der Waals surface area contributed by atoms with E-state index in [1.165, 1.54) is 7.11 Å². The van der Waals surface area contributed by atoms with Crippen LogP contribution >= 0.6 is 0 Å². The molecule has 25 heavy (non-hydrogen) atoms. The average molecular weight is 357 g/mol. The molecule has 7 heteroatoms. The molecule has 128 valence electrons. The molecule has 0 aliphatic heterocycles. The predicted octanol–water partition coefficient (Wildman–Crippen LogP) is 3.06. The van der Waals surface area contributed by atoms with Crippen molar-refractivity contribution in [3.05, 3.63) is 60.2 Å². The summed E-state index contributed by atoms with van der Waals surface area (Å²) in [5, 5.41) is 9.29. The lowest BCUT2D eigenvalue weighted by Crippen LogP contribution is -2.24. The molecule has 1 N–H and O–H groups in total. The van der Waals surface area contributed by atoms with Gasteiger partial charge in [-0.05, 0) is 12.1 Å². The number of para-hydroxylation sites is 2. The fraction of sp³-hybridized carbons (Fsp3) is 0.167. The largest absolute Gasteiger partial charge is 0.534 e. The Morgan fingerprint density at radius 2 is 1.80 bits per heavy atom. The van der Waals surface area contributed by atoms with Gasteiger partial charge in [0.1, 0.15) is 6.54 Å². The van der Waals surface area contributed by atoms with Gasteiger partial charge in [-0.2, -0.15) is 9.78 Å². The van der Waals surface area contributed by atoms with Crippen LogP contribution in [0.1, 0.15) is 5.56 Å². The molecule has 0 aliphatic rings. The molecule has 1 aromatic heterocycles. The van der Waals surface area contributed by atoms with Gasteiger partial charge in [-0.25, -0.2) is 0 Å². The summed E-state index contributed by atoms with van der Waals surface area (Å²) in [7, 11) is 0.314. The molecule has 1 heterocycles. The molecule has 0 fully saturated rings. The molecule has 0 bridgehead atoms. The van der Waals surface area contributed by atoms with Gasteiger partial charge in [0.2, 0.25) is 0 Å². The third-order valence-corrected chi connectivity index (χ3v) is 5.60. The maximum absolute atomic E-state index is 12.4. The summed E-state index contributed by atoms with van der Waals surface area (Å²) < 4.78 is 6.55. The van der Waals surface area contributed by atoms with Crippen LogP contribution in [0.5, 0.6) is 0 Å². The number of carboxylic acids is 1. The van der Waals surface area contributed by atoms with Crippen LogP contribution in [0.25, 0.3) is 11.0 Å². The number of nitrogens with zero attached hydrogens (tertiary/aromatic N) is 2. The lowest BCUT2D eigenvalue weighted by Gasteiger charge is -2.07. The van der Waals surface area contributed by atoms with E-state index in [-0.39, 0.29) is 6.54 Å². The van der Waals surface area contributed by atoms with E-state index < -0.39 is 22.2 Å². The van der Waals surface area contributed by atoms with Gasteiger partial charge >= 0.3 is 16.4 Å². The lowest BCUT2D eigenvalue weighted by molar-refractivity contribution is -0.137. The Morgan fingerprint density at radius 3 is 2.48 bits per heavy atom. The second-order valence-electron chi connectivity index (χ2n) is 5.34. The lowest BCUT2D eigenvalue weighted by atomic mass is 10.2. The number of fused-ring (bicyclic) bond motifs is 1. The van der Waals surface area contributed by atoms with Gasteiger partial charge in [0.15, 0.2) is 16.6 Å². The normalized spacial score (nSPS) is 12.0. The Morgan fingerprint density at radius 1 is 1.12 bits per heavy atom. The number of carbonyl (C=O) groups excluding carboxylic acids is 1. The molecule has 3 rings (SSSR count). The zero-order valence-electron chi connectivity index (χ0n) is 13.6. The number of ether oxygens (including phenoxy) is 1. The number of benzene rings is 2. The smallest absolute Gasteiger partial charge is 0.480 e. The van der Waals surface area contributed by atoms with Gasteiger partial charge in [0.05, 0.1) is 18.1 Å². The topological polar surface area (TPSA) is 81.4 Å². The monoisotopic (exact) mass is 357 g/mol. The van der Waals surface area contributed by atoms with Crippen LogP contribution in [0.3, 0.4) is 0 Å². The van der Waals surface area contributed by atoms with Crippen molar-refractivity contribution in [1.82, 2.24) is 9.55 Å². The van der Waals surface area contributed by atoms with Crippen LogP contribution in [-0.4, -0.2) is 33.0 Å². The van der Waals surface area contributed by atoms with Gasteiger partial charge in [-0.1, -0.05) is 42.5 Å². The molecule has 6 nitrogen and oxygen atoms in total. The number of hydrogen-bond acceptors (Lipinski definition) is 4. The van der Waals surface area contributed by atoms with Crippen molar-refractivity contribution in [1.29, 1.82) is 0 Å². The Labute approximate surface area is 147 Å². The molecular weight excluding hydrogens is 340 g/mol. The third-order valence-electron chi connectivity index (χ3n) is 3.65.